The third kappa shape index (κ3) is 5.52. The second-order valence-corrected chi connectivity index (χ2v) is 0.878. The van der Waals surface area contributed by atoms with Gasteiger partial charge in [0.1, 0.15) is 7.85 Å². The molecule has 0 aromatic carbocycles. The van der Waals surface area contributed by atoms with Crippen molar-refractivity contribution in [1.29, 1.82) is 0 Å². The Morgan fingerprint density at radius 1 is 1.57 bits per heavy atom. The lowest BCUT2D eigenvalue weighted by Crippen LogP contribution is -2.37. The van der Waals surface area contributed by atoms with E-state index in [2.05, 4.69) is 16.4 Å². The normalized spacial score (nSPS) is 9.86. The van der Waals surface area contributed by atoms with Crippen LogP contribution >= 0.6 is 0 Å². The van der Waals surface area contributed by atoms with Gasteiger partial charge in [-0.15, -0.1) is 5.98 Å². The molecule has 3 nitrogen and oxygen atoms in total. The van der Waals surface area contributed by atoms with Crippen molar-refractivity contribution < 1.29 is 0 Å². The van der Waals surface area contributed by atoms with Crippen molar-refractivity contribution in [3.63, 3.8) is 0 Å². The van der Waals surface area contributed by atoms with E-state index in [1.54, 1.807) is 13.2 Å². The van der Waals surface area contributed by atoms with Gasteiger partial charge in [-0.1, -0.05) is 0 Å². The lowest BCUT2D eigenvalue weighted by atomic mass is 10.2. The Morgan fingerprint density at radius 2 is 2.29 bits per heavy atom. The summed E-state index contributed by atoms with van der Waals surface area (Å²) < 4.78 is 0. The molecule has 0 atom stereocenters. The Bertz CT molecular complexity index is 54.1. The molecule has 0 aromatic heterocycles. The molecule has 3 N–H and O–H groups in total. The molecule has 0 amide bonds. The van der Waals surface area contributed by atoms with E-state index in [1.807, 2.05) is 0 Å². The van der Waals surface area contributed by atoms with Crippen molar-refractivity contribution in [2.24, 2.45) is 0 Å². The summed E-state index contributed by atoms with van der Waals surface area (Å²) in [5, 5.41) is 0. The number of hydrazine groups is 2. The summed E-state index contributed by atoms with van der Waals surface area (Å²) in [6.07, 6.45) is 1.57. The van der Waals surface area contributed by atoms with Gasteiger partial charge in [-0.3, -0.25) is 0 Å². The predicted molar refractivity (Wildman–Crippen MR) is 30.2 cm³/mol. The van der Waals surface area contributed by atoms with Crippen LogP contribution in [0.1, 0.15) is 0 Å². The van der Waals surface area contributed by atoms with Crippen molar-refractivity contribution >= 4 is 7.85 Å². The number of hydrogen-bond acceptors (Lipinski definition) is 3. The van der Waals surface area contributed by atoms with Crippen LogP contribution in [0.25, 0.3) is 0 Å². The number of hydrogen-bond donors (Lipinski definition) is 3. The molecule has 0 aliphatic heterocycles. The quantitative estimate of drug-likeness (QED) is 0.236. The minimum absolute atomic E-state index is 1.39. The van der Waals surface area contributed by atoms with Crippen LogP contribution in [-0.2, 0) is 0 Å². The first-order valence-corrected chi connectivity index (χ1v) is 1.96. The van der Waals surface area contributed by atoms with E-state index in [0.29, 0.717) is 0 Å². The fraction of sp³-hybridized carbons (Fsp3) is 0.333. The standard InChI is InChI=1S/C3H8BN3/c1-5-7-6-3-2-4/h2-3,5-7H,1H3/b3-2+. The molecule has 0 fully saturated rings. The van der Waals surface area contributed by atoms with Crippen LogP contribution in [0.2, 0.25) is 0 Å². The highest BCUT2D eigenvalue weighted by Gasteiger charge is 1.61. The average Bonchev–Trinajstić information content (AvgIpc) is 1.69. The van der Waals surface area contributed by atoms with E-state index in [1.165, 1.54) is 5.98 Å². The van der Waals surface area contributed by atoms with Crippen LogP contribution in [0.3, 0.4) is 0 Å². The van der Waals surface area contributed by atoms with E-state index < -0.39 is 0 Å². The van der Waals surface area contributed by atoms with Gasteiger partial charge in [0.05, 0.1) is 0 Å². The van der Waals surface area contributed by atoms with E-state index in [0.717, 1.165) is 0 Å². The van der Waals surface area contributed by atoms with Gasteiger partial charge in [0.2, 0.25) is 0 Å². The number of rotatable bonds is 3. The molecule has 0 aliphatic rings. The SMILES string of the molecule is [B]/C=C/NNNC. The largest absolute Gasteiger partial charge is 0.317 e. The molecule has 2 radical (unpaired) electrons. The lowest BCUT2D eigenvalue weighted by Gasteiger charge is -1.97. The summed E-state index contributed by atoms with van der Waals surface area (Å²) >= 11 is 0. The Balaban J connectivity index is 2.69. The molecule has 0 saturated carbocycles. The van der Waals surface area contributed by atoms with Crippen LogP contribution < -0.4 is 16.4 Å². The minimum atomic E-state index is 1.39. The van der Waals surface area contributed by atoms with Gasteiger partial charge < -0.3 is 5.43 Å². The minimum Gasteiger partial charge on any atom is -0.317 e. The summed E-state index contributed by atoms with van der Waals surface area (Å²) in [5.74, 6) is 1.39. The molecular weight excluding hydrogens is 88.9 g/mol. The molecule has 0 unspecified atom stereocenters. The Kier molecular flexibility index (Phi) is 5.15. The molecule has 0 bridgehead atoms. The molecule has 38 valence electrons. The van der Waals surface area contributed by atoms with E-state index in [9.17, 15) is 0 Å². The zero-order chi connectivity index (χ0) is 5.54. The summed E-state index contributed by atoms with van der Waals surface area (Å²) in [7, 11) is 6.71. The van der Waals surface area contributed by atoms with Crippen LogP contribution in [0.4, 0.5) is 0 Å². The molecule has 0 aromatic rings. The second kappa shape index (κ2) is 5.52. The fourth-order valence-electron chi connectivity index (χ4n) is 0.162. The van der Waals surface area contributed by atoms with E-state index in [4.69, 9.17) is 7.85 Å². The first-order valence-electron chi connectivity index (χ1n) is 1.96. The van der Waals surface area contributed by atoms with Gasteiger partial charge in [-0.2, -0.15) is 5.53 Å². The fourth-order valence-corrected chi connectivity index (χ4v) is 0.162. The van der Waals surface area contributed by atoms with Crippen molar-refractivity contribution in [3.05, 3.63) is 12.2 Å². The predicted octanol–water partition coefficient (Wildman–Crippen LogP) is -1.15. The van der Waals surface area contributed by atoms with E-state index in [-0.39, 0.29) is 0 Å². The number of nitrogens with one attached hydrogen (secondary N) is 3. The first-order chi connectivity index (χ1) is 3.41. The van der Waals surface area contributed by atoms with Crippen LogP contribution in [0, 0.1) is 0 Å². The van der Waals surface area contributed by atoms with E-state index >= 15 is 0 Å². The van der Waals surface area contributed by atoms with Gasteiger partial charge in [0.25, 0.3) is 0 Å². The molecular formula is C3H8BN3. The van der Waals surface area contributed by atoms with Crippen molar-refractivity contribution in [3.8, 4) is 0 Å². The molecule has 0 aliphatic carbocycles. The lowest BCUT2D eigenvalue weighted by molar-refractivity contribution is 0.542. The van der Waals surface area contributed by atoms with Crippen molar-refractivity contribution in [2.75, 3.05) is 7.05 Å². The highest BCUT2D eigenvalue weighted by molar-refractivity contribution is 6.16. The Labute approximate surface area is 44.5 Å². The summed E-state index contributed by atoms with van der Waals surface area (Å²) in [5.41, 5.74) is 7.84. The summed E-state index contributed by atoms with van der Waals surface area (Å²) in [6.45, 7) is 0. The maximum absolute atomic E-state index is 4.96. The van der Waals surface area contributed by atoms with Gasteiger partial charge in [0, 0.05) is 7.05 Å². The van der Waals surface area contributed by atoms with Gasteiger partial charge in [-0.05, 0) is 6.20 Å². The third-order valence-corrected chi connectivity index (χ3v) is 0.377. The summed E-state index contributed by atoms with van der Waals surface area (Å²) in [4.78, 5) is 0. The molecule has 7 heavy (non-hydrogen) atoms. The van der Waals surface area contributed by atoms with Crippen LogP contribution in [0.5, 0.6) is 0 Å². The molecule has 0 heterocycles. The Morgan fingerprint density at radius 3 is 2.71 bits per heavy atom. The third-order valence-electron chi connectivity index (χ3n) is 0.377. The zero-order valence-corrected chi connectivity index (χ0v) is 4.23. The molecule has 0 saturated heterocycles. The van der Waals surface area contributed by atoms with Gasteiger partial charge in [0.15, 0.2) is 0 Å². The van der Waals surface area contributed by atoms with Crippen molar-refractivity contribution in [2.45, 2.75) is 0 Å². The molecule has 0 rings (SSSR count). The van der Waals surface area contributed by atoms with Crippen LogP contribution in [-0.4, -0.2) is 14.9 Å². The maximum Gasteiger partial charge on any atom is 0.104 e. The zero-order valence-electron chi connectivity index (χ0n) is 4.23. The smallest absolute Gasteiger partial charge is 0.104 e. The average molecular weight is 96.9 g/mol. The molecule has 0 spiro atoms. The molecule has 4 heteroatoms. The topological polar surface area (TPSA) is 36.1 Å². The monoisotopic (exact) mass is 97.1 g/mol. The summed E-state index contributed by atoms with van der Waals surface area (Å²) in [6, 6.07) is 0. The van der Waals surface area contributed by atoms with Crippen LogP contribution in [0.15, 0.2) is 12.2 Å². The highest BCUT2D eigenvalue weighted by atomic mass is 15.6. The first kappa shape index (κ1) is 6.52. The Hall–Kier alpha value is -0.475. The van der Waals surface area contributed by atoms with Crippen molar-refractivity contribution in [1.82, 2.24) is 16.4 Å². The van der Waals surface area contributed by atoms with Gasteiger partial charge >= 0.3 is 0 Å². The second-order valence-electron chi connectivity index (χ2n) is 0.878. The van der Waals surface area contributed by atoms with Gasteiger partial charge in [-0.25, -0.2) is 5.43 Å². The highest BCUT2D eigenvalue weighted by Crippen LogP contribution is 1.47. The maximum atomic E-state index is 4.96.